The van der Waals surface area contributed by atoms with Gasteiger partial charge in [-0.3, -0.25) is 4.90 Å². The lowest BCUT2D eigenvalue weighted by atomic mass is 10.1. The summed E-state index contributed by atoms with van der Waals surface area (Å²) in [5, 5.41) is 0. The van der Waals surface area contributed by atoms with Crippen LogP contribution >= 0.6 is 0 Å². The average molecular weight is 223 g/mol. The van der Waals surface area contributed by atoms with Gasteiger partial charge in [-0.15, -0.1) is 0 Å². The fraction of sp³-hybridized carbons (Fsp3) is 0.727. The maximum absolute atomic E-state index is 5.88. The molecule has 0 radical (unpaired) electrons. The molecule has 0 spiro atoms. The van der Waals surface area contributed by atoms with E-state index in [1.807, 2.05) is 17.9 Å². The second kappa shape index (κ2) is 4.95. The molecule has 1 unspecified atom stereocenters. The Labute approximate surface area is 96.8 Å². The highest BCUT2D eigenvalue weighted by Crippen LogP contribution is 2.18. The normalized spacial score (nSPS) is 21.2. The molecule has 2 rings (SSSR count). The summed E-state index contributed by atoms with van der Waals surface area (Å²) in [5.74, 6) is 0. The Hall–Kier alpha value is -0.910. The van der Waals surface area contributed by atoms with E-state index >= 15 is 0 Å². The fourth-order valence-electron chi connectivity index (χ4n) is 2.20. The Bertz CT molecular complexity index is 327. The lowest BCUT2D eigenvalue weighted by Crippen LogP contribution is -2.47. The van der Waals surface area contributed by atoms with Gasteiger partial charge in [-0.2, -0.15) is 0 Å². The van der Waals surface area contributed by atoms with E-state index in [0.29, 0.717) is 6.54 Å². The molecule has 0 amide bonds. The van der Waals surface area contributed by atoms with Crippen molar-refractivity contribution < 1.29 is 0 Å². The molecule has 1 atom stereocenters. The molecule has 2 N–H and O–H groups in total. The first-order valence-corrected chi connectivity index (χ1v) is 5.81. The lowest BCUT2D eigenvalue weighted by molar-refractivity contribution is 0.113. The molecule has 90 valence electrons. The second-order valence-corrected chi connectivity index (χ2v) is 4.55. The van der Waals surface area contributed by atoms with Crippen molar-refractivity contribution in [2.24, 2.45) is 12.8 Å². The summed E-state index contributed by atoms with van der Waals surface area (Å²) < 4.78 is 1.98. The molecule has 1 aromatic rings. The van der Waals surface area contributed by atoms with E-state index in [9.17, 15) is 0 Å². The molecule has 1 saturated heterocycles. The molecular weight excluding hydrogens is 202 g/mol. The Kier molecular flexibility index (Phi) is 3.58. The number of nitrogens with zero attached hydrogens (tertiary/aromatic N) is 4. The highest BCUT2D eigenvalue weighted by atomic mass is 15.3. The summed E-state index contributed by atoms with van der Waals surface area (Å²) in [6.07, 6.45) is 3.91. The molecule has 16 heavy (non-hydrogen) atoms. The molecule has 1 aromatic heterocycles. The number of rotatable bonds is 3. The topological polar surface area (TPSA) is 50.3 Å². The van der Waals surface area contributed by atoms with Crippen molar-refractivity contribution in [3.63, 3.8) is 0 Å². The molecule has 0 bridgehead atoms. The van der Waals surface area contributed by atoms with Crippen molar-refractivity contribution in [2.45, 2.75) is 6.04 Å². The number of aromatic nitrogens is 2. The minimum Gasteiger partial charge on any atom is -0.340 e. The largest absolute Gasteiger partial charge is 0.340 e. The summed E-state index contributed by atoms with van der Waals surface area (Å²) >= 11 is 0. The molecule has 5 heteroatoms. The molecule has 5 nitrogen and oxygen atoms in total. The van der Waals surface area contributed by atoms with E-state index in [1.54, 1.807) is 0 Å². The van der Waals surface area contributed by atoms with Crippen molar-refractivity contribution in [3.05, 3.63) is 18.2 Å². The molecule has 0 aromatic carbocycles. The highest BCUT2D eigenvalue weighted by Gasteiger charge is 2.24. The monoisotopic (exact) mass is 223 g/mol. The zero-order valence-corrected chi connectivity index (χ0v) is 10.1. The van der Waals surface area contributed by atoms with Crippen LogP contribution in [0.4, 0.5) is 0 Å². The molecule has 1 fully saturated rings. The van der Waals surface area contributed by atoms with Crippen LogP contribution in [0.5, 0.6) is 0 Å². The van der Waals surface area contributed by atoms with Crippen LogP contribution < -0.4 is 5.73 Å². The van der Waals surface area contributed by atoms with Crippen LogP contribution in [0.25, 0.3) is 0 Å². The Morgan fingerprint density at radius 1 is 1.31 bits per heavy atom. The second-order valence-electron chi connectivity index (χ2n) is 4.55. The zero-order chi connectivity index (χ0) is 11.5. The highest BCUT2D eigenvalue weighted by molar-refractivity contribution is 5.05. The van der Waals surface area contributed by atoms with Crippen molar-refractivity contribution >= 4 is 0 Å². The van der Waals surface area contributed by atoms with Crippen LogP contribution in [-0.4, -0.2) is 59.1 Å². The number of aryl methyl sites for hydroxylation is 1. The average Bonchev–Trinajstić information content (AvgIpc) is 2.69. The van der Waals surface area contributed by atoms with Gasteiger partial charge >= 0.3 is 0 Å². The number of hydrogen-bond donors (Lipinski definition) is 1. The summed E-state index contributed by atoms with van der Waals surface area (Å²) in [6.45, 7) is 5.03. The SMILES string of the molecule is CN1CCN(C(CN)c2cn(C)cn2)CC1. The number of imidazole rings is 1. The summed E-state index contributed by atoms with van der Waals surface area (Å²) in [4.78, 5) is 9.19. The molecule has 2 heterocycles. The van der Waals surface area contributed by atoms with E-state index in [0.717, 1.165) is 31.9 Å². The maximum Gasteiger partial charge on any atom is 0.0947 e. The number of nitrogens with two attached hydrogens (primary N) is 1. The summed E-state index contributed by atoms with van der Waals surface area (Å²) in [6, 6.07) is 0.273. The third-order valence-electron chi connectivity index (χ3n) is 3.27. The quantitative estimate of drug-likeness (QED) is 0.762. The van der Waals surface area contributed by atoms with Gasteiger partial charge in [0.05, 0.1) is 18.1 Å². The molecular formula is C11H21N5. The standard InChI is InChI=1S/C11H21N5/c1-14-3-5-16(6-4-14)11(7-12)10-8-15(2)9-13-10/h8-9,11H,3-7,12H2,1-2H3. The van der Waals surface area contributed by atoms with E-state index in [1.165, 1.54) is 0 Å². The van der Waals surface area contributed by atoms with Gasteiger partial charge in [-0.05, 0) is 7.05 Å². The third kappa shape index (κ3) is 2.42. The number of likely N-dealkylation sites (N-methyl/N-ethyl adjacent to an activating group) is 1. The molecule has 1 aliphatic rings. The van der Waals surface area contributed by atoms with Crippen molar-refractivity contribution in [1.29, 1.82) is 0 Å². The minimum absolute atomic E-state index is 0.273. The van der Waals surface area contributed by atoms with Crippen LogP contribution in [0, 0.1) is 0 Å². The Balaban J connectivity index is 2.05. The van der Waals surface area contributed by atoms with Crippen LogP contribution in [0.2, 0.25) is 0 Å². The van der Waals surface area contributed by atoms with E-state index < -0.39 is 0 Å². The van der Waals surface area contributed by atoms with Gasteiger partial charge in [0.15, 0.2) is 0 Å². The van der Waals surface area contributed by atoms with Crippen molar-refractivity contribution in [2.75, 3.05) is 39.8 Å². The van der Waals surface area contributed by atoms with E-state index in [4.69, 9.17) is 5.73 Å². The maximum atomic E-state index is 5.88. The predicted octanol–water partition coefficient (Wildman–Crippen LogP) is -0.333. The minimum atomic E-state index is 0.273. The first-order chi connectivity index (χ1) is 7.70. The van der Waals surface area contributed by atoms with Gasteiger partial charge in [0.2, 0.25) is 0 Å². The smallest absolute Gasteiger partial charge is 0.0947 e. The Morgan fingerprint density at radius 3 is 2.50 bits per heavy atom. The molecule has 0 saturated carbocycles. The van der Waals surface area contributed by atoms with Gasteiger partial charge < -0.3 is 15.2 Å². The van der Waals surface area contributed by atoms with Crippen molar-refractivity contribution in [1.82, 2.24) is 19.4 Å². The first-order valence-electron chi connectivity index (χ1n) is 5.81. The fourth-order valence-corrected chi connectivity index (χ4v) is 2.20. The van der Waals surface area contributed by atoms with Crippen LogP contribution in [0.15, 0.2) is 12.5 Å². The zero-order valence-electron chi connectivity index (χ0n) is 10.1. The van der Waals surface area contributed by atoms with Crippen LogP contribution in [-0.2, 0) is 7.05 Å². The molecule has 1 aliphatic heterocycles. The van der Waals surface area contributed by atoms with E-state index in [-0.39, 0.29) is 6.04 Å². The number of piperazine rings is 1. The Morgan fingerprint density at radius 2 is 2.00 bits per heavy atom. The van der Waals surface area contributed by atoms with Gasteiger partial charge in [0.1, 0.15) is 0 Å². The third-order valence-corrected chi connectivity index (χ3v) is 3.27. The van der Waals surface area contributed by atoms with Gasteiger partial charge in [0.25, 0.3) is 0 Å². The van der Waals surface area contributed by atoms with Crippen molar-refractivity contribution in [3.8, 4) is 0 Å². The van der Waals surface area contributed by atoms with Gasteiger partial charge in [0, 0.05) is 46.0 Å². The first kappa shape index (κ1) is 11.6. The summed E-state index contributed by atoms with van der Waals surface area (Å²) in [7, 11) is 4.16. The molecule has 0 aliphatic carbocycles. The van der Waals surface area contributed by atoms with Crippen LogP contribution in [0.3, 0.4) is 0 Å². The van der Waals surface area contributed by atoms with Gasteiger partial charge in [-0.1, -0.05) is 0 Å². The number of hydrogen-bond acceptors (Lipinski definition) is 4. The predicted molar refractivity (Wildman–Crippen MR) is 64.1 cm³/mol. The summed E-state index contributed by atoms with van der Waals surface area (Å²) in [5.41, 5.74) is 6.97. The lowest BCUT2D eigenvalue weighted by Gasteiger charge is -2.36. The van der Waals surface area contributed by atoms with E-state index in [2.05, 4.69) is 28.0 Å². The van der Waals surface area contributed by atoms with Gasteiger partial charge in [-0.25, -0.2) is 4.98 Å². The van der Waals surface area contributed by atoms with Crippen LogP contribution in [0.1, 0.15) is 11.7 Å².